The zero-order valence-corrected chi connectivity index (χ0v) is 9.34. The molecule has 84 valence electrons. The van der Waals surface area contributed by atoms with Crippen molar-refractivity contribution in [3.8, 4) is 0 Å². The van der Waals surface area contributed by atoms with Gasteiger partial charge >= 0.3 is 0 Å². The van der Waals surface area contributed by atoms with Crippen LogP contribution in [0.5, 0.6) is 0 Å². The van der Waals surface area contributed by atoms with E-state index >= 15 is 0 Å². The molecule has 1 atom stereocenters. The van der Waals surface area contributed by atoms with Crippen LogP contribution in [-0.2, 0) is 11.2 Å². The van der Waals surface area contributed by atoms with E-state index in [1.807, 2.05) is 13.8 Å². The molecule has 5 nitrogen and oxygen atoms in total. The normalized spacial score (nSPS) is 13.1. The molecule has 1 N–H and O–H groups in total. The average molecular weight is 211 g/mol. The van der Waals surface area contributed by atoms with Crippen molar-refractivity contribution >= 4 is 5.78 Å². The van der Waals surface area contributed by atoms with Gasteiger partial charge in [-0.15, -0.1) is 0 Å². The van der Waals surface area contributed by atoms with Gasteiger partial charge in [-0.05, 0) is 20.3 Å². The van der Waals surface area contributed by atoms with Gasteiger partial charge in [0.1, 0.15) is 18.3 Å². The summed E-state index contributed by atoms with van der Waals surface area (Å²) in [6.45, 7) is 5.72. The lowest BCUT2D eigenvalue weighted by molar-refractivity contribution is -0.126. The first-order chi connectivity index (χ1) is 7.06. The second-order valence-electron chi connectivity index (χ2n) is 3.78. The van der Waals surface area contributed by atoms with Gasteiger partial charge in [-0.2, -0.15) is 5.10 Å². The summed E-state index contributed by atoms with van der Waals surface area (Å²) in [6.07, 6.45) is 1.13. The number of hydrogen-bond donors (Lipinski definition) is 1. The number of hydrogen-bond acceptors (Lipinski definition) is 4. The van der Waals surface area contributed by atoms with Crippen molar-refractivity contribution in [1.29, 1.82) is 0 Å². The van der Waals surface area contributed by atoms with E-state index in [-0.39, 0.29) is 18.2 Å². The quantitative estimate of drug-likeness (QED) is 0.780. The minimum absolute atomic E-state index is 0.146. The minimum atomic E-state index is -0.887. The first-order valence-corrected chi connectivity index (χ1v) is 5.15. The molecule has 0 radical (unpaired) electrons. The molecule has 1 heterocycles. The van der Waals surface area contributed by atoms with Crippen LogP contribution in [-0.4, -0.2) is 31.8 Å². The summed E-state index contributed by atoms with van der Waals surface area (Å²) < 4.78 is 1.69. The monoisotopic (exact) mass is 211 g/mol. The summed E-state index contributed by atoms with van der Waals surface area (Å²) in [7, 11) is 0. The smallest absolute Gasteiger partial charge is 0.168 e. The molecule has 5 heteroatoms. The Morgan fingerprint density at radius 1 is 1.60 bits per heavy atom. The lowest BCUT2D eigenvalue weighted by Crippen LogP contribution is -2.23. The van der Waals surface area contributed by atoms with Crippen LogP contribution in [0.1, 0.15) is 39.1 Å². The summed E-state index contributed by atoms with van der Waals surface area (Å²) in [4.78, 5) is 15.5. The molecule has 1 unspecified atom stereocenters. The molecule has 1 aromatic rings. The SMILES string of the molecule is CCC(O)C(=O)Cc1ncnn1C(C)C. The van der Waals surface area contributed by atoms with Gasteiger partial charge in [0.25, 0.3) is 0 Å². The maximum atomic E-state index is 11.5. The lowest BCUT2D eigenvalue weighted by atomic mass is 10.1. The van der Waals surface area contributed by atoms with Crippen LogP contribution < -0.4 is 0 Å². The highest BCUT2D eigenvalue weighted by Crippen LogP contribution is 2.07. The van der Waals surface area contributed by atoms with E-state index in [1.54, 1.807) is 11.6 Å². The van der Waals surface area contributed by atoms with Crippen LogP contribution in [0.4, 0.5) is 0 Å². The Kier molecular flexibility index (Phi) is 3.96. The van der Waals surface area contributed by atoms with Crippen LogP contribution in [0, 0.1) is 0 Å². The third-order valence-electron chi connectivity index (χ3n) is 2.23. The van der Waals surface area contributed by atoms with E-state index in [0.717, 1.165) is 0 Å². The first-order valence-electron chi connectivity index (χ1n) is 5.15. The molecule has 1 aromatic heterocycles. The van der Waals surface area contributed by atoms with E-state index in [4.69, 9.17) is 0 Å². The zero-order valence-electron chi connectivity index (χ0n) is 9.34. The molecule has 0 aliphatic rings. The van der Waals surface area contributed by atoms with Crippen molar-refractivity contribution in [3.05, 3.63) is 12.2 Å². The molecule has 0 saturated carbocycles. The summed E-state index contributed by atoms with van der Waals surface area (Å²) in [5.41, 5.74) is 0. The molecule has 0 aliphatic heterocycles. The van der Waals surface area contributed by atoms with E-state index in [2.05, 4.69) is 10.1 Å². The Labute approximate surface area is 89.1 Å². The molecule has 15 heavy (non-hydrogen) atoms. The summed E-state index contributed by atoms with van der Waals surface area (Å²) in [6, 6.07) is 0.175. The van der Waals surface area contributed by atoms with Gasteiger partial charge in [-0.1, -0.05) is 6.92 Å². The fraction of sp³-hybridized carbons (Fsp3) is 0.700. The molecule has 0 amide bonds. The second-order valence-corrected chi connectivity index (χ2v) is 3.78. The third-order valence-corrected chi connectivity index (χ3v) is 2.23. The Hall–Kier alpha value is -1.23. The largest absolute Gasteiger partial charge is 0.385 e. The average Bonchev–Trinajstić information content (AvgIpc) is 2.64. The van der Waals surface area contributed by atoms with E-state index in [0.29, 0.717) is 12.2 Å². The van der Waals surface area contributed by atoms with Crippen LogP contribution >= 0.6 is 0 Å². The number of Topliss-reactive ketones (excluding diaryl/α,β-unsaturated/α-hetero) is 1. The zero-order chi connectivity index (χ0) is 11.4. The van der Waals surface area contributed by atoms with E-state index < -0.39 is 6.10 Å². The Bertz CT molecular complexity index is 333. The van der Waals surface area contributed by atoms with Gasteiger partial charge in [-0.3, -0.25) is 4.79 Å². The van der Waals surface area contributed by atoms with Crippen molar-refractivity contribution in [1.82, 2.24) is 14.8 Å². The fourth-order valence-corrected chi connectivity index (χ4v) is 1.33. The van der Waals surface area contributed by atoms with E-state index in [9.17, 15) is 9.90 Å². The number of aliphatic hydroxyl groups excluding tert-OH is 1. The molecule has 0 fully saturated rings. The predicted octanol–water partition coefficient (Wildman–Crippen LogP) is 0.742. The molecule has 1 rings (SSSR count). The molecule has 0 spiro atoms. The van der Waals surface area contributed by atoms with Gasteiger partial charge in [0.2, 0.25) is 0 Å². The Morgan fingerprint density at radius 2 is 2.27 bits per heavy atom. The standard InChI is InChI=1S/C10H17N3O2/c1-4-8(14)9(15)5-10-11-6-12-13(10)7(2)3/h6-8,14H,4-5H2,1-3H3. The van der Waals surface area contributed by atoms with Crippen molar-refractivity contribution in [2.45, 2.75) is 45.8 Å². The predicted molar refractivity (Wildman–Crippen MR) is 55.4 cm³/mol. The Morgan fingerprint density at radius 3 is 2.80 bits per heavy atom. The number of aromatic nitrogens is 3. The highest BCUT2D eigenvalue weighted by atomic mass is 16.3. The van der Waals surface area contributed by atoms with Gasteiger partial charge in [0, 0.05) is 6.04 Å². The maximum Gasteiger partial charge on any atom is 0.168 e. The van der Waals surface area contributed by atoms with Crippen LogP contribution in [0.25, 0.3) is 0 Å². The number of carbonyl (C=O) groups excluding carboxylic acids is 1. The van der Waals surface area contributed by atoms with Crippen molar-refractivity contribution in [2.24, 2.45) is 0 Å². The number of rotatable bonds is 5. The number of carbonyl (C=O) groups is 1. The Balaban J connectivity index is 2.72. The number of ketones is 1. The van der Waals surface area contributed by atoms with Crippen LogP contribution in [0.15, 0.2) is 6.33 Å². The first kappa shape index (κ1) is 11.8. The molecule has 0 bridgehead atoms. The van der Waals surface area contributed by atoms with Crippen LogP contribution in [0.2, 0.25) is 0 Å². The number of nitrogens with zero attached hydrogens (tertiary/aromatic N) is 3. The van der Waals surface area contributed by atoms with Gasteiger partial charge in [0.15, 0.2) is 5.78 Å². The fourth-order valence-electron chi connectivity index (χ4n) is 1.33. The lowest BCUT2D eigenvalue weighted by Gasteiger charge is -2.10. The maximum absolute atomic E-state index is 11.5. The highest BCUT2D eigenvalue weighted by molar-refractivity contribution is 5.84. The molecule has 0 aliphatic carbocycles. The summed E-state index contributed by atoms with van der Waals surface area (Å²) in [5.74, 6) is 0.412. The second kappa shape index (κ2) is 5.02. The van der Waals surface area contributed by atoms with Crippen LogP contribution in [0.3, 0.4) is 0 Å². The number of aliphatic hydroxyl groups is 1. The van der Waals surface area contributed by atoms with Gasteiger partial charge in [0.05, 0.1) is 6.42 Å². The molecule has 0 saturated heterocycles. The highest BCUT2D eigenvalue weighted by Gasteiger charge is 2.17. The van der Waals surface area contributed by atoms with Gasteiger partial charge in [-0.25, -0.2) is 9.67 Å². The van der Waals surface area contributed by atoms with E-state index in [1.165, 1.54) is 6.33 Å². The van der Waals surface area contributed by atoms with Crippen molar-refractivity contribution in [3.63, 3.8) is 0 Å². The van der Waals surface area contributed by atoms with Crippen molar-refractivity contribution in [2.75, 3.05) is 0 Å². The topological polar surface area (TPSA) is 68.0 Å². The third kappa shape index (κ3) is 2.86. The minimum Gasteiger partial charge on any atom is -0.385 e. The van der Waals surface area contributed by atoms with Gasteiger partial charge < -0.3 is 5.11 Å². The summed E-state index contributed by atoms with van der Waals surface area (Å²) in [5, 5.41) is 13.4. The summed E-state index contributed by atoms with van der Waals surface area (Å²) >= 11 is 0. The molecular formula is C10H17N3O2. The van der Waals surface area contributed by atoms with Crippen molar-refractivity contribution < 1.29 is 9.90 Å². The molecular weight excluding hydrogens is 194 g/mol. The molecule has 0 aromatic carbocycles.